The smallest absolute Gasteiger partial charge is 0.261 e. The fourth-order valence-corrected chi connectivity index (χ4v) is 4.54. The molecule has 152 valence electrons. The molecule has 0 amide bonds. The highest BCUT2D eigenvalue weighted by Crippen LogP contribution is 2.29. The van der Waals surface area contributed by atoms with Gasteiger partial charge in [0.25, 0.3) is 10.0 Å². The Hall–Kier alpha value is -2.73. The maximum absolute atomic E-state index is 12.8. The van der Waals surface area contributed by atoms with Crippen molar-refractivity contribution in [2.45, 2.75) is 9.79 Å². The second-order valence-electron chi connectivity index (χ2n) is 5.77. The van der Waals surface area contributed by atoms with Crippen LogP contribution in [0.5, 0.6) is 5.88 Å². The second kappa shape index (κ2) is 7.95. The summed E-state index contributed by atoms with van der Waals surface area (Å²) in [6.07, 6.45) is 3.70. The van der Waals surface area contributed by atoms with Gasteiger partial charge in [-0.1, -0.05) is 23.7 Å². The van der Waals surface area contributed by atoms with Crippen molar-refractivity contribution < 1.29 is 21.6 Å². The van der Waals surface area contributed by atoms with Gasteiger partial charge in [0, 0.05) is 24.2 Å². The number of anilines is 1. The Morgan fingerprint density at radius 1 is 1.07 bits per heavy atom. The van der Waals surface area contributed by atoms with Crippen LogP contribution in [0.3, 0.4) is 0 Å². The predicted octanol–water partition coefficient (Wildman–Crippen LogP) is 2.25. The maximum Gasteiger partial charge on any atom is 0.261 e. The molecule has 3 aromatic rings. The molecule has 0 aliphatic carbocycles. The van der Waals surface area contributed by atoms with E-state index in [4.69, 9.17) is 21.5 Å². The number of ether oxygens (including phenoxy) is 1. The Morgan fingerprint density at radius 3 is 2.48 bits per heavy atom. The molecule has 0 aliphatic rings. The van der Waals surface area contributed by atoms with Crippen LogP contribution in [0.15, 0.2) is 64.8 Å². The normalized spacial score (nSPS) is 11.8. The Bertz CT molecular complexity index is 1280. The number of hydrogen-bond donors (Lipinski definition) is 2. The van der Waals surface area contributed by atoms with Crippen molar-refractivity contribution in [1.29, 1.82) is 0 Å². The summed E-state index contributed by atoms with van der Waals surface area (Å²) in [4.78, 5) is 7.19. The second-order valence-corrected chi connectivity index (χ2v) is 9.38. The maximum atomic E-state index is 12.8. The highest BCUT2D eigenvalue weighted by atomic mass is 35.5. The van der Waals surface area contributed by atoms with Crippen LogP contribution in [0.4, 0.5) is 5.69 Å². The largest absolute Gasteiger partial charge is 0.480 e. The lowest BCUT2D eigenvalue weighted by atomic mass is 10.1. The van der Waals surface area contributed by atoms with E-state index in [1.807, 2.05) is 0 Å². The lowest BCUT2D eigenvalue weighted by molar-refractivity contribution is 0.398. The van der Waals surface area contributed by atoms with Crippen LogP contribution in [0.1, 0.15) is 0 Å². The number of methoxy groups -OCH3 is 1. The summed E-state index contributed by atoms with van der Waals surface area (Å²) in [5.41, 5.74) is 0.898. The molecule has 3 rings (SSSR count). The van der Waals surface area contributed by atoms with Crippen LogP contribution in [0.25, 0.3) is 11.1 Å². The summed E-state index contributed by atoms with van der Waals surface area (Å²) in [5, 5.41) is 5.39. The number of sulfonamides is 2. The first-order chi connectivity index (χ1) is 13.6. The van der Waals surface area contributed by atoms with Crippen LogP contribution in [-0.4, -0.2) is 33.9 Å². The van der Waals surface area contributed by atoms with Crippen molar-refractivity contribution in [2.24, 2.45) is 5.14 Å². The molecule has 2 aromatic heterocycles. The number of nitrogens with zero attached hydrogens (tertiary/aromatic N) is 2. The standard InChI is InChI=1S/C17H15ClN4O5S2/c1-27-17-14(18)8-12(9-21-17)11-3-2-4-13(7-11)29(25,26)22-15-5-6-20-10-16(15)28(19,23)24/h2-10H,1H3,(H,20,22)(H2,19,23,24). The average Bonchev–Trinajstić information content (AvgIpc) is 2.67. The van der Waals surface area contributed by atoms with E-state index in [1.54, 1.807) is 12.1 Å². The Labute approximate surface area is 172 Å². The number of nitrogens with one attached hydrogen (secondary N) is 1. The molecule has 9 nitrogen and oxygen atoms in total. The number of nitrogens with two attached hydrogens (primary N) is 1. The highest BCUT2D eigenvalue weighted by Gasteiger charge is 2.21. The first-order valence-electron chi connectivity index (χ1n) is 7.91. The van der Waals surface area contributed by atoms with Gasteiger partial charge in [-0.15, -0.1) is 0 Å². The summed E-state index contributed by atoms with van der Waals surface area (Å²) < 4.78 is 56.2. The van der Waals surface area contributed by atoms with Crippen molar-refractivity contribution in [3.8, 4) is 17.0 Å². The van der Waals surface area contributed by atoms with Crippen molar-refractivity contribution in [3.05, 3.63) is 60.0 Å². The molecular weight excluding hydrogens is 440 g/mol. The van der Waals surface area contributed by atoms with Crippen molar-refractivity contribution in [2.75, 3.05) is 11.8 Å². The van der Waals surface area contributed by atoms with E-state index in [9.17, 15) is 16.8 Å². The molecule has 0 saturated carbocycles. The monoisotopic (exact) mass is 454 g/mol. The number of pyridine rings is 2. The minimum atomic E-state index is -4.17. The van der Waals surface area contributed by atoms with E-state index in [1.165, 1.54) is 43.8 Å². The number of rotatable bonds is 6. The number of hydrogen-bond acceptors (Lipinski definition) is 7. The van der Waals surface area contributed by atoms with Crippen LogP contribution in [0, 0.1) is 0 Å². The van der Waals surface area contributed by atoms with Gasteiger partial charge < -0.3 is 4.74 Å². The Kier molecular flexibility index (Phi) is 5.75. The Morgan fingerprint density at radius 2 is 1.83 bits per heavy atom. The summed E-state index contributed by atoms with van der Waals surface area (Å²) in [5.74, 6) is 0.245. The molecule has 0 atom stereocenters. The summed E-state index contributed by atoms with van der Waals surface area (Å²) in [6.45, 7) is 0. The molecule has 0 unspecified atom stereocenters. The number of benzene rings is 1. The number of aromatic nitrogens is 2. The molecule has 0 fully saturated rings. The zero-order valence-corrected chi connectivity index (χ0v) is 17.3. The summed E-state index contributed by atoms with van der Waals surface area (Å²) in [6, 6.07) is 8.78. The topological polar surface area (TPSA) is 141 Å². The quantitative estimate of drug-likeness (QED) is 0.581. The number of primary sulfonamides is 1. The number of halogens is 1. The molecule has 0 bridgehead atoms. The Balaban J connectivity index is 2.00. The zero-order valence-electron chi connectivity index (χ0n) is 14.9. The van der Waals surface area contributed by atoms with Gasteiger partial charge >= 0.3 is 0 Å². The fraction of sp³-hybridized carbons (Fsp3) is 0.0588. The van der Waals surface area contributed by atoms with Crippen LogP contribution in [0.2, 0.25) is 5.02 Å². The molecular formula is C17H15ClN4O5S2. The van der Waals surface area contributed by atoms with E-state index in [2.05, 4.69) is 14.7 Å². The first-order valence-corrected chi connectivity index (χ1v) is 11.3. The third-order valence-electron chi connectivity index (χ3n) is 3.81. The van der Waals surface area contributed by atoms with E-state index in [0.717, 1.165) is 6.20 Å². The average molecular weight is 455 g/mol. The first kappa shape index (κ1) is 21.0. The molecule has 1 aromatic carbocycles. The highest BCUT2D eigenvalue weighted by molar-refractivity contribution is 7.93. The van der Waals surface area contributed by atoms with E-state index >= 15 is 0 Å². The summed E-state index contributed by atoms with van der Waals surface area (Å²) >= 11 is 6.08. The van der Waals surface area contributed by atoms with E-state index < -0.39 is 24.9 Å². The van der Waals surface area contributed by atoms with Crippen molar-refractivity contribution in [1.82, 2.24) is 9.97 Å². The van der Waals surface area contributed by atoms with Crippen molar-refractivity contribution in [3.63, 3.8) is 0 Å². The minimum Gasteiger partial charge on any atom is -0.480 e. The molecule has 0 spiro atoms. The van der Waals surface area contributed by atoms with Gasteiger partial charge in [-0.25, -0.2) is 27.0 Å². The predicted molar refractivity (Wildman–Crippen MR) is 108 cm³/mol. The molecule has 3 N–H and O–H groups in total. The van der Waals surface area contributed by atoms with Gasteiger partial charge in [-0.2, -0.15) is 0 Å². The van der Waals surface area contributed by atoms with Gasteiger partial charge in [0.1, 0.15) is 9.92 Å². The SMILES string of the molecule is COc1ncc(-c2cccc(S(=O)(=O)Nc3ccncc3S(N)(=O)=O)c2)cc1Cl. The van der Waals surface area contributed by atoms with Crippen LogP contribution < -0.4 is 14.6 Å². The lowest BCUT2D eigenvalue weighted by Crippen LogP contribution is -2.19. The molecule has 0 aliphatic heterocycles. The van der Waals surface area contributed by atoms with Gasteiger partial charge in [0.15, 0.2) is 0 Å². The third kappa shape index (κ3) is 4.65. The molecule has 29 heavy (non-hydrogen) atoms. The zero-order chi connectivity index (χ0) is 21.2. The van der Waals surface area contributed by atoms with Gasteiger partial charge in [0.2, 0.25) is 15.9 Å². The van der Waals surface area contributed by atoms with E-state index in [-0.39, 0.29) is 21.5 Å². The molecule has 0 saturated heterocycles. The van der Waals surface area contributed by atoms with Gasteiger partial charge in [-0.3, -0.25) is 9.71 Å². The molecule has 12 heteroatoms. The van der Waals surface area contributed by atoms with E-state index in [0.29, 0.717) is 11.1 Å². The summed E-state index contributed by atoms with van der Waals surface area (Å²) in [7, 11) is -6.87. The third-order valence-corrected chi connectivity index (χ3v) is 6.39. The van der Waals surface area contributed by atoms with Crippen molar-refractivity contribution >= 4 is 37.3 Å². The fourth-order valence-electron chi connectivity index (χ4n) is 2.47. The molecule has 2 heterocycles. The van der Waals surface area contributed by atoms with Crippen LogP contribution in [-0.2, 0) is 20.0 Å². The lowest BCUT2D eigenvalue weighted by Gasteiger charge is -2.12. The molecule has 0 radical (unpaired) electrons. The minimum absolute atomic E-state index is 0.0980. The van der Waals surface area contributed by atoms with Gasteiger partial charge in [0.05, 0.1) is 17.7 Å². The van der Waals surface area contributed by atoms with Crippen LogP contribution >= 0.6 is 11.6 Å². The van der Waals surface area contributed by atoms with Gasteiger partial charge in [-0.05, 0) is 29.8 Å².